The van der Waals surface area contributed by atoms with Crippen molar-refractivity contribution in [2.24, 2.45) is 4.99 Å². The highest BCUT2D eigenvalue weighted by atomic mass is 32.2. The molecule has 1 aromatic rings. The third-order valence-electron chi connectivity index (χ3n) is 2.71. The maximum atomic E-state index is 4.31. The Balaban J connectivity index is 1.71. The second-order valence-electron chi connectivity index (χ2n) is 3.92. The molecule has 2 aliphatic rings. The summed E-state index contributed by atoms with van der Waals surface area (Å²) in [6.45, 7) is 1.79. The molecule has 3 nitrogen and oxygen atoms in total. The van der Waals surface area contributed by atoms with Crippen molar-refractivity contribution in [1.82, 2.24) is 5.32 Å². The van der Waals surface area contributed by atoms with E-state index in [1.165, 1.54) is 4.90 Å². The number of hydrogen-bond donors (Lipinski definition) is 3. The molecule has 0 amide bonds. The summed E-state index contributed by atoms with van der Waals surface area (Å²) < 4.78 is 0. The topological polar surface area (TPSA) is 36.4 Å². The van der Waals surface area contributed by atoms with Crippen molar-refractivity contribution < 1.29 is 0 Å². The van der Waals surface area contributed by atoms with E-state index >= 15 is 0 Å². The van der Waals surface area contributed by atoms with Crippen molar-refractivity contribution in [3.05, 3.63) is 47.2 Å². The fraction of sp³-hybridized carbons (Fsp3) is 0.154. The maximum Gasteiger partial charge on any atom is 0.195 e. The summed E-state index contributed by atoms with van der Waals surface area (Å²) in [5, 5.41) is 11.0. The number of benzene rings is 1. The first-order valence-electron chi connectivity index (χ1n) is 5.70. The number of guanidine groups is 1. The molecule has 17 heavy (non-hydrogen) atoms. The molecule has 88 valence electrons. The average molecular weight is 245 g/mol. The molecule has 2 aliphatic heterocycles. The summed E-state index contributed by atoms with van der Waals surface area (Å²) in [5.41, 5.74) is 1.09. The molecule has 0 saturated carbocycles. The highest BCUT2D eigenvalue weighted by Gasteiger charge is 2.06. The smallest absolute Gasteiger partial charge is 0.195 e. The Morgan fingerprint density at radius 2 is 1.88 bits per heavy atom. The summed E-state index contributed by atoms with van der Waals surface area (Å²) in [6, 6.07) is 8.59. The summed E-state index contributed by atoms with van der Waals surface area (Å²) in [7, 11) is -0.203. The van der Waals surface area contributed by atoms with Crippen molar-refractivity contribution in [3.8, 4) is 0 Å². The van der Waals surface area contributed by atoms with Crippen molar-refractivity contribution in [3.63, 3.8) is 0 Å². The Hall–Kier alpha value is -1.68. The van der Waals surface area contributed by atoms with Gasteiger partial charge < -0.3 is 10.6 Å². The van der Waals surface area contributed by atoms with Crippen LogP contribution in [-0.2, 0) is 0 Å². The predicted molar refractivity (Wildman–Crippen MR) is 75.9 cm³/mol. The van der Waals surface area contributed by atoms with Gasteiger partial charge in [-0.3, -0.25) is 4.99 Å². The van der Waals surface area contributed by atoms with Crippen LogP contribution in [0, 0.1) is 0 Å². The maximum absolute atomic E-state index is 4.31. The second-order valence-corrected chi connectivity index (χ2v) is 5.85. The van der Waals surface area contributed by atoms with Gasteiger partial charge in [-0.2, -0.15) is 10.9 Å². The lowest BCUT2D eigenvalue weighted by molar-refractivity contribution is 0.959. The SMILES string of the molecule is C1=C[SH](c2ccc(NC3=NCCN3)cc2)C=C1. The van der Waals surface area contributed by atoms with Crippen LogP contribution < -0.4 is 10.6 Å². The van der Waals surface area contributed by atoms with Crippen LogP contribution in [-0.4, -0.2) is 19.0 Å². The van der Waals surface area contributed by atoms with Gasteiger partial charge in [-0.05, 0) is 40.0 Å². The number of nitrogens with zero attached hydrogens (tertiary/aromatic N) is 1. The Bertz CT molecular complexity index is 476. The molecule has 0 unspecified atom stereocenters. The van der Waals surface area contributed by atoms with Crippen LogP contribution in [0.5, 0.6) is 0 Å². The highest BCUT2D eigenvalue weighted by molar-refractivity contribution is 8.22. The molecule has 3 rings (SSSR count). The number of nitrogens with one attached hydrogen (secondary N) is 2. The van der Waals surface area contributed by atoms with E-state index < -0.39 is 0 Å². The number of allylic oxidation sites excluding steroid dienone is 2. The number of aliphatic imine (C=N–C) groups is 1. The molecular weight excluding hydrogens is 230 g/mol. The van der Waals surface area contributed by atoms with E-state index in [4.69, 9.17) is 0 Å². The van der Waals surface area contributed by atoms with Gasteiger partial charge >= 0.3 is 0 Å². The van der Waals surface area contributed by atoms with Crippen LogP contribution in [0.4, 0.5) is 5.69 Å². The quantitative estimate of drug-likeness (QED) is 0.700. The standard InChI is InChI=1S/C13H15N3S/c1-2-10-17(9-1)12-5-3-11(4-6-12)16-13-14-7-8-15-13/h1-6,9-10,17H,7-8H2,(H2,14,15,16). The first kappa shape index (κ1) is 10.5. The molecule has 4 heteroatoms. The molecule has 0 aromatic heterocycles. The Morgan fingerprint density at radius 1 is 1.12 bits per heavy atom. The molecule has 0 radical (unpaired) electrons. The van der Waals surface area contributed by atoms with E-state index in [0.717, 1.165) is 24.7 Å². The van der Waals surface area contributed by atoms with Crippen LogP contribution in [0.15, 0.2) is 57.1 Å². The molecule has 0 bridgehead atoms. The third-order valence-corrected chi connectivity index (χ3v) is 4.59. The van der Waals surface area contributed by atoms with E-state index in [1.807, 2.05) is 0 Å². The summed E-state index contributed by atoms with van der Waals surface area (Å²) in [4.78, 5) is 5.69. The van der Waals surface area contributed by atoms with E-state index in [0.29, 0.717) is 0 Å². The van der Waals surface area contributed by atoms with Crippen LogP contribution in [0.3, 0.4) is 0 Å². The normalized spacial score (nSPS) is 19.3. The van der Waals surface area contributed by atoms with Gasteiger partial charge in [0.1, 0.15) is 0 Å². The molecule has 2 heterocycles. The fourth-order valence-electron chi connectivity index (χ4n) is 1.84. The zero-order valence-corrected chi connectivity index (χ0v) is 10.3. The van der Waals surface area contributed by atoms with Gasteiger partial charge in [-0.15, -0.1) is 0 Å². The monoisotopic (exact) mass is 245 g/mol. The van der Waals surface area contributed by atoms with Gasteiger partial charge in [0.2, 0.25) is 0 Å². The number of hydrogen-bond acceptors (Lipinski definition) is 3. The minimum absolute atomic E-state index is 0.203. The van der Waals surface area contributed by atoms with Gasteiger partial charge in [0.15, 0.2) is 5.96 Å². The van der Waals surface area contributed by atoms with Gasteiger partial charge in [-0.1, -0.05) is 12.2 Å². The molecule has 0 spiro atoms. The van der Waals surface area contributed by atoms with Crippen molar-refractivity contribution in [2.45, 2.75) is 4.90 Å². The molecule has 2 N–H and O–H groups in total. The highest BCUT2D eigenvalue weighted by Crippen LogP contribution is 2.41. The summed E-state index contributed by atoms with van der Waals surface area (Å²) >= 11 is 0. The number of thiol groups is 1. The van der Waals surface area contributed by atoms with E-state index in [1.54, 1.807) is 0 Å². The van der Waals surface area contributed by atoms with Gasteiger partial charge in [0.25, 0.3) is 0 Å². The lowest BCUT2D eigenvalue weighted by Crippen LogP contribution is -2.26. The minimum atomic E-state index is -0.203. The van der Waals surface area contributed by atoms with Crippen molar-refractivity contribution in [1.29, 1.82) is 0 Å². The largest absolute Gasteiger partial charge is 0.354 e. The van der Waals surface area contributed by atoms with Crippen molar-refractivity contribution >= 4 is 22.5 Å². The van der Waals surface area contributed by atoms with Gasteiger partial charge in [0, 0.05) is 12.2 Å². The van der Waals surface area contributed by atoms with Crippen molar-refractivity contribution in [2.75, 3.05) is 18.4 Å². The van der Waals surface area contributed by atoms with E-state index in [9.17, 15) is 0 Å². The first-order chi connectivity index (χ1) is 8.42. The van der Waals surface area contributed by atoms with Crippen LogP contribution in [0.25, 0.3) is 0 Å². The average Bonchev–Trinajstić information content (AvgIpc) is 3.01. The lowest BCUT2D eigenvalue weighted by Gasteiger charge is -2.12. The lowest BCUT2D eigenvalue weighted by atomic mass is 10.3. The van der Waals surface area contributed by atoms with Gasteiger partial charge in [-0.25, -0.2) is 0 Å². The Labute approximate surface area is 104 Å². The second kappa shape index (κ2) is 4.67. The summed E-state index contributed by atoms with van der Waals surface area (Å²) in [6.07, 6.45) is 4.24. The number of anilines is 1. The molecule has 1 aromatic carbocycles. The molecule has 0 aliphatic carbocycles. The van der Waals surface area contributed by atoms with Crippen LogP contribution in [0.1, 0.15) is 0 Å². The molecule has 0 fully saturated rings. The Kier molecular flexibility index (Phi) is 2.88. The third kappa shape index (κ3) is 2.36. The van der Waals surface area contributed by atoms with Crippen LogP contribution >= 0.6 is 10.9 Å². The molecule has 0 atom stereocenters. The summed E-state index contributed by atoms with van der Waals surface area (Å²) in [5.74, 6) is 0.879. The first-order valence-corrected chi connectivity index (χ1v) is 7.18. The van der Waals surface area contributed by atoms with Gasteiger partial charge in [0.05, 0.1) is 6.54 Å². The van der Waals surface area contributed by atoms with Crippen LogP contribution in [0.2, 0.25) is 0 Å². The Morgan fingerprint density at radius 3 is 2.53 bits per heavy atom. The molecular formula is C13H15N3S. The van der Waals surface area contributed by atoms with E-state index in [-0.39, 0.29) is 10.9 Å². The minimum Gasteiger partial charge on any atom is -0.354 e. The fourth-order valence-corrected chi connectivity index (χ4v) is 3.35. The zero-order valence-electron chi connectivity index (χ0n) is 9.43. The zero-order chi connectivity index (χ0) is 11.5. The predicted octanol–water partition coefficient (Wildman–Crippen LogP) is 2.46. The molecule has 0 saturated heterocycles. The van der Waals surface area contributed by atoms with E-state index in [2.05, 4.69) is 62.9 Å². The number of rotatable bonds is 2.